The molecular formula is C18H27FN2O4S2. The number of carbonyl (C=O) groups is 1. The Hall–Kier alpha value is -1.32. The van der Waals surface area contributed by atoms with Crippen LogP contribution in [0.3, 0.4) is 0 Å². The summed E-state index contributed by atoms with van der Waals surface area (Å²) in [7, 11) is -3.90. The molecule has 0 atom stereocenters. The highest BCUT2D eigenvalue weighted by molar-refractivity contribution is 7.99. The standard InChI is InChI=1S/C18H27FN2O4S2/c1-18(2,3)25-17(22)21-9-6-13(7-10-21)8-11-26-16-5-4-14(12-15(16)19)27(20,23)24/h4-5,12-13H,6-11H2,1-3H3,(H2,20,23,24). The fourth-order valence-electron chi connectivity index (χ4n) is 2.84. The molecule has 1 aliphatic rings. The van der Waals surface area contributed by atoms with Gasteiger partial charge in [0.25, 0.3) is 0 Å². The molecule has 0 saturated carbocycles. The number of ether oxygens (including phenoxy) is 1. The molecule has 1 heterocycles. The maximum atomic E-state index is 14.0. The minimum absolute atomic E-state index is 0.223. The Bertz CT molecular complexity index is 770. The summed E-state index contributed by atoms with van der Waals surface area (Å²) < 4.78 is 41.9. The Kier molecular flexibility index (Phi) is 7.15. The molecule has 2 rings (SSSR count). The lowest BCUT2D eigenvalue weighted by Gasteiger charge is -2.33. The van der Waals surface area contributed by atoms with Crippen molar-refractivity contribution in [3.05, 3.63) is 24.0 Å². The molecule has 0 aromatic heterocycles. The zero-order valence-corrected chi connectivity index (χ0v) is 17.5. The van der Waals surface area contributed by atoms with Crippen molar-refractivity contribution >= 4 is 27.9 Å². The number of thioether (sulfide) groups is 1. The molecule has 1 saturated heterocycles. The molecule has 1 fully saturated rings. The quantitative estimate of drug-likeness (QED) is 0.738. The Balaban J connectivity index is 1.77. The van der Waals surface area contributed by atoms with E-state index in [1.807, 2.05) is 20.8 Å². The van der Waals surface area contributed by atoms with Gasteiger partial charge in [-0.15, -0.1) is 11.8 Å². The number of hydrogen-bond donors (Lipinski definition) is 1. The van der Waals surface area contributed by atoms with Gasteiger partial charge in [0, 0.05) is 18.0 Å². The highest BCUT2D eigenvalue weighted by atomic mass is 32.2. The number of carbonyl (C=O) groups excluding carboxylic acids is 1. The van der Waals surface area contributed by atoms with E-state index in [-0.39, 0.29) is 11.0 Å². The fourth-order valence-corrected chi connectivity index (χ4v) is 4.40. The lowest BCUT2D eigenvalue weighted by molar-refractivity contribution is 0.0183. The Labute approximate surface area is 164 Å². The minimum Gasteiger partial charge on any atom is -0.444 e. The van der Waals surface area contributed by atoms with E-state index in [4.69, 9.17) is 9.88 Å². The Morgan fingerprint density at radius 3 is 2.48 bits per heavy atom. The van der Waals surface area contributed by atoms with Crippen LogP contribution in [-0.4, -0.2) is 43.9 Å². The lowest BCUT2D eigenvalue weighted by atomic mass is 9.95. The zero-order chi connectivity index (χ0) is 20.2. The van der Waals surface area contributed by atoms with Gasteiger partial charge in [0.1, 0.15) is 11.4 Å². The van der Waals surface area contributed by atoms with E-state index in [0.29, 0.717) is 23.9 Å². The second-order valence-corrected chi connectivity index (χ2v) is 10.4. The molecule has 0 bridgehead atoms. The normalized spacial score (nSPS) is 16.4. The van der Waals surface area contributed by atoms with Crippen LogP contribution in [0.15, 0.2) is 28.0 Å². The maximum Gasteiger partial charge on any atom is 0.410 e. The van der Waals surface area contributed by atoms with E-state index in [1.54, 1.807) is 4.90 Å². The van der Waals surface area contributed by atoms with Crippen molar-refractivity contribution in [2.75, 3.05) is 18.8 Å². The molecule has 152 valence electrons. The number of nitrogens with zero attached hydrogens (tertiary/aromatic N) is 1. The van der Waals surface area contributed by atoms with E-state index in [1.165, 1.54) is 23.9 Å². The van der Waals surface area contributed by atoms with Crippen LogP contribution in [-0.2, 0) is 14.8 Å². The second-order valence-electron chi connectivity index (χ2n) is 7.69. The van der Waals surface area contributed by atoms with Crippen LogP contribution < -0.4 is 5.14 Å². The number of primary sulfonamides is 1. The first kappa shape index (κ1) is 22.0. The third-order valence-electron chi connectivity index (χ3n) is 4.28. The summed E-state index contributed by atoms with van der Waals surface area (Å²) >= 11 is 1.36. The molecule has 6 nitrogen and oxygen atoms in total. The number of hydrogen-bond acceptors (Lipinski definition) is 5. The Morgan fingerprint density at radius 1 is 1.33 bits per heavy atom. The minimum atomic E-state index is -3.90. The molecule has 1 aromatic rings. The van der Waals surface area contributed by atoms with Crippen molar-refractivity contribution in [2.45, 2.75) is 55.4 Å². The van der Waals surface area contributed by atoms with Crippen molar-refractivity contribution in [2.24, 2.45) is 11.1 Å². The van der Waals surface area contributed by atoms with Gasteiger partial charge in [-0.05, 0) is 69.9 Å². The van der Waals surface area contributed by atoms with E-state index in [0.717, 1.165) is 31.1 Å². The first-order chi connectivity index (χ1) is 12.5. The first-order valence-electron chi connectivity index (χ1n) is 8.89. The van der Waals surface area contributed by atoms with E-state index in [9.17, 15) is 17.6 Å². The predicted octanol–water partition coefficient (Wildman–Crippen LogP) is 3.60. The first-order valence-corrected chi connectivity index (χ1v) is 11.4. The molecule has 0 aliphatic carbocycles. The summed E-state index contributed by atoms with van der Waals surface area (Å²) in [6.07, 6.45) is 2.43. The smallest absolute Gasteiger partial charge is 0.410 e. The molecule has 27 heavy (non-hydrogen) atoms. The number of halogens is 1. The number of sulfonamides is 1. The summed E-state index contributed by atoms with van der Waals surface area (Å²) in [6.45, 7) is 6.89. The molecule has 1 aliphatic heterocycles. The van der Waals surface area contributed by atoms with Crippen LogP contribution in [0.2, 0.25) is 0 Å². The molecule has 2 N–H and O–H groups in total. The van der Waals surface area contributed by atoms with Gasteiger partial charge in [0.2, 0.25) is 10.0 Å². The zero-order valence-electron chi connectivity index (χ0n) is 15.9. The topological polar surface area (TPSA) is 89.7 Å². The van der Waals surface area contributed by atoms with Crippen molar-refractivity contribution in [1.82, 2.24) is 4.90 Å². The largest absolute Gasteiger partial charge is 0.444 e. The average Bonchev–Trinajstić information content (AvgIpc) is 2.54. The van der Waals surface area contributed by atoms with Crippen LogP contribution >= 0.6 is 11.8 Å². The highest BCUT2D eigenvalue weighted by Gasteiger charge is 2.26. The van der Waals surface area contributed by atoms with Crippen molar-refractivity contribution < 1.29 is 22.3 Å². The van der Waals surface area contributed by atoms with Crippen molar-refractivity contribution in [3.8, 4) is 0 Å². The van der Waals surface area contributed by atoms with Crippen LogP contribution in [0.1, 0.15) is 40.0 Å². The van der Waals surface area contributed by atoms with Gasteiger partial charge < -0.3 is 9.64 Å². The number of piperidine rings is 1. The summed E-state index contributed by atoms with van der Waals surface area (Å²) in [5.74, 6) is 0.622. The van der Waals surface area contributed by atoms with Crippen LogP contribution in [0.25, 0.3) is 0 Å². The van der Waals surface area contributed by atoms with Crippen LogP contribution in [0.5, 0.6) is 0 Å². The van der Waals surface area contributed by atoms with Gasteiger partial charge in [-0.3, -0.25) is 0 Å². The van der Waals surface area contributed by atoms with Crippen LogP contribution in [0.4, 0.5) is 9.18 Å². The number of likely N-dealkylation sites (tertiary alicyclic amines) is 1. The molecular weight excluding hydrogens is 391 g/mol. The monoisotopic (exact) mass is 418 g/mol. The van der Waals surface area contributed by atoms with E-state index < -0.39 is 21.4 Å². The average molecular weight is 419 g/mol. The van der Waals surface area contributed by atoms with Crippen molar-refractivity contribution in [3.63, 3.8) is 0 Å². The second kappa shape index (κ2) is 8.79. The molecule has 0 radical (unpaired) electrons. The number of nitrogens with two attached hydrogens (primary N) is 1. The van der Waals surface area contributed by atoms with E-state index in [2.05, 4.69) is 0 Å². The van der Waals surface area contributed by atoms with Crippen molar-refractivity contribution in [1.29, 1.82) is 0 Å². The third-order valence-corrected chi connectivity index (χ3v) is 6.27. The third kappa shape index (κ3) is 6.97. The molecule has 0 spiro atoms. The van der Waals surface area contributed by atoms with Gasteiger partial charge in [-0.1, -0.05) is 0 Å². The Morgan fingerprint density at radius 2 is 1.96 bits per heavy atom. The summed E-state index contributed by atoms with van der Waals surface area (Å²) in [5.41, 5.74) is -0.493. The molecule has 0 unspecified atom stereocenters. The van der Waals surface area contributed by atoms with Gasteiger partial charge in [0.15, 0.2) is 0 Å². The number of benzene rings is 1. The van der Waals surface area contributed by atoms with Gasteiger partial charge in [0.05, 0.1) is 4.90 Å². The predicted molar refractivity (Wildman–Crippen MR) is 104 cm³/mol. The van der Waals surface area contributed by atoms with Gasteiger partial charge >= 0.3 is 6.09 Å². The maximum absolute atomic E-state index is 14.0. The molecule has 1 amide bonds. The number of rotatable bonds is 5. The van der Waals surface area contributed by atoms with Gasteiger partial charge in [-0.2, -0.15) is 0 Å². The van der Waals surface area contributed by atoms with E-state index >= 15 is 0 Å². The lowest BCUT2D eigenvalue weighted by Crippen LogP contribution is -2.41. The van der Waals surface area contributed by atoms with Crippen LogP contribution in [0, 0.1) is 11.7 Å². The fraction of sp³-hybridized carbons (Fsp3) is 0.611. The summed E-state index contributed by atoms with van der Waals surface area (Å²) in [5, 5.41) is 5.00. The van der Waals surface area contributed by atoms with Gasteiger partial charge in [-0.25, -0.2) is 22.7 Å². The summed E-state index contributed by atoms with van der Waals surface area (Å²) in [4.78, 5) is 14.0. The SMILES string of the molecule is CC(C)(C)OC(=O)N1CCC(CCSc2ccc(S(N)(=O)=O)cc2F)CC1. The molecule has 9 heteroatoms. The highest BCUT2D eigenvalue weighted by Crippen LogP contribution is 2.28. The summed E-state index contributed by atoms with van der Waals surface area (Å²) in [6, 6.07) is 3.72. The number of amides is 1. The molecule has 1 aromatic carbocycles.